The van der Waals surface area contributed by atoms with Gasteiger partial charge in [-0.3, -0.25) is 4.79 Å². The van der Waals surface area contributed by atoms with Crippen LogP contribution >= 0.6 is 0 Å². The number of nitrogens with zero attached hydrogens (tertiary/aromatic N) is 2. The molecule has 1 heterocycles. The molecule has 0 saturated heterocycles. The molecule has 0 unspecified atom stereocenters. The number of hydrogen-bond donors (Lipinski definition) is 2. The van der Waals surface area contributed by atoms with Crippen LogP contribution in [-0.4, -0.2) is 33.4 Å². The van der Waals surface area contributed by atoms with Gasteiger partial charge in [0.2, 0.25) is 0 Å². The zero-order chi connectivity index (χ0) is 19.4. The fourth-order valence-corrected chi connectivity index (χ4v) is 2.65. The summed E-state index contributed by atoms with van der Waals surface area (Å²) in [5.74, 6) is -1.06. The van der Waals surface area contributed by atoms with E-state index in [0.717, 1.165) is 17.1 Å². The number of ether oxygens (including phenoxy) is 1. The van der Waals surface area contributed by atoms with E-state index in [1.54, 1.807) is 30.3 Å². The number of carbonyl (C=O) groups is 2. The van der Waals surface area contributed by atoms with Crippen LogP contribution in [0.2, 0.25) is 0 Å². The van der Waals surface area contributed by atoms with Crippen molar-refractivity contribution in [3.8, 4) is 11.4 Å². The van der Waals surface area contributed by atoms with E-state index in [9.17, 15) is 9.59 Å². The lowest BCUT2D eigenvalue weighted by atomic mass is 10.2. The van der Waals surface area contributed by atoms with Crippen LogP contribution in [0.3, 0.4) is 0 Å². The minimum atomic E-state index is -1.08. The number of rotatable bonds is 6. The lowest BCUT2D eigenvalue weighted by Crippen LogP contribution is -2.13. The fourth-order valence-electron chi connectivity index (χ4n) is 2.65. The number of hydrogen-bond acceptors (Lipinski definition) is 4. The van der Waals surface area contributed by atoms with Crippen LogP contribution < -0.4 is 10.1 Å². The number of amides is 1. The van der Waals surface area contributed by atoms with Gasteiger partial charge in [-0.1, -0.05) is 6.07 Å². The summed E-state index contributed by atoms with van der Waals surface area (Å²) in [7, 11) is 0. The van der Waals surface area contributed by atoms with Crippen molar-refractivity contribution in [3.05, 3.63) is 71.5 Å². The molecule has 2 aromatic carbocycles. The topological polar surface area (TPSA) is 93.5 Å². The third-order valence-electron chi connectivity index (χ3n) is 3.84. The van der Waals surface area contributed by atoms with Crippen molar-refractivity contribution in [1.29, 1.82) is 0 Å². The maximum atomic E-state index is 12.4. The minimum Gasteiger partial charge on any atom is -0.482 e. The first-order valence-corrected chi connectivity index (χ1v) is 8.32. The number of aliphatic carboxylic acids is 1. The highest BCUT2D eigenvalue weighted by Gasteiger charge is 2.09. The molecule has 0 saturated carbocycles. The molecule has 0 spiro atoms. The van der Waals surface area contributed by atoms with Gasteiger partial charge in [0.15, 0.2) is 6.61 Å². The highest BCUT2D eigenvalue weighted by atomic mass is 16.5. The summed E-state index contributed by atoms with van der Waals surface area (Å²) in [5.41, 5.74) is 3.89. The molecule has 27 heavy (non-hydrogen) atoms. The molecular formula is C20H19N3O4. The first-order chi connectivity index (χ1) is 12.9. The molecule has 0 bridgehead atoms. The molecule has 7 heteroatoms. The Balaban J connectivity index is 1.70. The normalized spacial score (nSPS) is 10.4. The van der Waals surface area contributed by atoms with Gasteiger partial charge in [-0.25, -0.2) is 9.48 Å². The quantitative estimate of drug-likeness (QED) is 0.700. The molecule has 1 amide bonds. The van der Waals surface area contributed by atoms with Crippen molar-refractivity contribution in [2.24, 2.45) is 0 Å². The second-order valence-electron chi connectivity index (χ2n) is 6.05. The summed E-state index contributed by atoms with van der Waals surface area (Å²) in [6.45, 7) is 3.46. The summed E-state index contributed by atoms with van der Waals surface area (Å²) in [5, 5.41) is 15.9. The molecule has 2 N–H and O–H groups in total. The van der Waals surface area contributed by atoms with Crippen LogP contribution in [0.4, 0.5) is 5.69 Å². The third-order valence-corrected chi connectivity index (χ3v) is 3.84. The Morgan fingerprint density at radius 3 is 2.48 bits per heavy atom. The summed E-state index contributed by atoms with van der Waals surface area (Å²) >= 11 is 0. The van der Waals surface area contributed by atoms with Crippen LogP contribution in [0, 0.1) is 13.8 Å². The number of nitrogens with one attached hydrogen (secondary N) is 1. The lowest BCUT2D eigenvalue weighted by molar-refractivity contribution is -0.139. The van der Waals surface area contributed by atoms with E-state index < -0.39 is 12.6 Å². The maximum Gasteiger partial charge on any atom is 0.341 e. The zero-order valence-electron chi connectivity index (χ0n) is 15.0. The number of carboxylic acids is 1. The molecule has 3 aromatic rings. The molecule has 0 aliphatic carbocycles. The molecular weight excluding hydrogens is 346 g/mol. The van der Waals surface area contributed by atoms with E-state index in [-0.39, 0.29) is 5.91 Å². The van der Waals surface area contributed by atoms with Gasteiger partial charge in [-0.05, 0) is 62.4 Å². The number of aryl methyl sites for hydroxylation is 2. The largest absolute Gasteiger partial charge is 0.482 e. The summed E-state index contributed by atoms with van der Waals surface area (Å²) < 4.78 is 6.93. The first kappa shape index (κ1) is 18.2. The van der Waals surface area contributed by atoms with E-state index in [2.05, 4.69) is 10.4 Å². The van der Waals surface area contributed by atoms with Gasteiger partial charge in [0.1, 0.15) is 5.75 Å². The second-order valence-corrected chi connectivity index (χ2v) is 6.05. The Labute approximate surface area is 156 Å². The van der Waals surface area contributed by atoms with Crippen molar-refractivity contribution >= 4 is 17.6 Å². The molecule has 1 aromatic heterocycles. The van der Waals surface area contributed by atoms with Gasteiger partial charge >= 0.3 is 5.97 Å². The predicted molar refractivity (Wildman–Crippen MR) is 101 cm³/mol. The Morgan fingerprint density at radius 2 is 1.85 bits per heavy atom. The number of anilines is 1. The van der Waals surface area contributed by atoms with E-state index in [1.165, 1.54) is 6.07 Å². The number of aromatic nitrogens is 2. The van der Waals surface area contributed by atoms with E-state index in [4.69, 9.17) is 9.84 Å². The first-order valence-electron chi connectivity index (χ1n) is 8.32. The van der Waals surface area contributed by atoms with Crippen LogP contribution in [0.15, 0.2) is 54.6 Å². The van der Waals surface area contributed by atoms with Crippen LogP contribution in [0.1, 0.15) is 21.7 Å². The third kappa shape index (κ3) is 4.52. The fraction of sp³-hybridized carbons (Fsp3) is 0.150. The molecule has 138 valence electrons. The van der Waals surface area contributed by atoms with Gasteiger partial charge in [0.25, 0.3) is 5.91 Å². The van der Waals surface area contributed by atoms with Crippen molar-refractivity contribution < 1.29 is 19.4 Å². The molecule has 0 atom stereocenters. The van der Waals surface area contributed by atoms with Crippen LogP contribution in [0.25, 0.3) is 5.69 Å². The lowest BCUT2D eigenvalue weighted by Gasteiger charge is -2.09. The average Bonchev–Trinajstić information content (AvgIpc) is 2.99. The summed E-state index contributed by atoms with van der Waals surface area (Å²) in [4.78, 5) is 23.0. The average molecular weight is 365 g/mol. The maximum absolute atomic E-state index is 12.4. The highest BCUT2D eigenvalue weighted by molar-refractivity contribution is 6.04. The predicted octanol–water partition coefficient (Wildman–Crippen LogP) is 3.20. The molecule has 7 nitrogen and oxygen atoms in total. The molecule has 0 fully saturated rings. The summed E-state index contributed by atoms with van der Waals surface area (Å²) in [6, 6.07) is 15.7. The zero-order valence-corrected chi connectivity index (χ0v) is 15.0. The molecule has 0 radical (unpaired) electrons. The second kappa shape index (κ2) is 7.74. The molecule has 0 aliphatic rings. The van der Waals surface area contributed by atoms with Gasteiger partial charge in [-0.2, -0.15) is 5.10 Å². The Hall–Kier alpha value is -3.61. The Kier molecular flexibility index (Phi) is 5.21. The van der Waals surface area contributed by atoms with Gasteiger partial charge in [0, 0.05) is 16.9 Å². The van der Waals surface area contributed by atoms with Crippen molar-refractivity contribution in [2.75, 3.05) is 11.9 Å². The monoisotopic (exact) mass is 365 g/mol. The SMILES string of the molecule is Cc1cc(C)n(-c2ccc(NC(=O)c3cccc(OCC(=O)O)c3)cc2)n1. The van der Waals surface area contributed by atoms with Crippen molar-refractivity contribution in [1.82, 2.24) is 9.78 Å². The van der Waals surface area contributed by atoms with E-state index >= 15 is 0 Å². The van der Waals surface area contributed by atoms with Gasteiger partial charge in [0.05, 0.1) is 11.4 Å². The highest BCUT2D eigenvalue weighted by Crippen LogP contribution is 2.18. The Bertz CT molecular complexity index is 977. The minimum absolute atomic E-state index is 0.311. The van der Waals surface area contributed by atoms with Gasteiger partial charge in [-0.15, -0.1) is 0 Å². The number of benzene rings is 2. The van der Waals surface area contributed by atoms with Crippen molar-refractivity contribution in [2.45, 2.75) is 13.8 Å². The smallest absolute Gasteiger partial charge is 0.341 e. The standard InChI is InChI=1S/C20H19N3O4/c1-13-10-14(2)23(22-13)17-8-6-16(7-9-17)21-20(26)15-4-3-5-18(11-15)27-12-19(24)25/h3-11H,12H2,1-2H3,(H,21,26)(H,24,25). The summed E-state index contributed by atoms with van der Waals surface area (Å²) in [6.07, 6.45) is 0. The van der Waals surface area contributed by atoms with Gasteiger partial charge < -0.3 is 15.2 Å². The van der Waals surface area contributed by atoms with E-state index in [0.29, 0.717) is 17.0 Å². The van der Waals surface area contributed by atoms with Crippen LogP contribution in [0.5, 0.6) is 5.75 Å². The molecule has 0 aliphatic heterocycles. The number of carbonyl (C=O) groups excluding carboxylic acids is 1. The Morgan fingerprint density at radius 1 is 1.11 bits per heavy atom. The number of carboxylic acid groups (broad SMARTS) is 1. The van der Waals surface area contributed by atoms with Crippen LogP contribution in [-0.2, 0) is 4.79 Å². The molecule has 3 rings (SSSR count). The van der Waals surface area contributed by atoms with Crippen molar-refractivity contribution in [3.63, 3.8) is 0 Å². The van der Waals surface area contributed by atoms with E-state index in [1.807, 2.05) is 36.7 Å².